The van der Waals surface area contributed by atoms with Gasteiger partial charge in [-0.25, -0.2) is 15.1 Å². The molecule has 11 heteroatoms. The van der Waals surface area contributed by atoms with E-state index in [1.807, 2.05) is 24.1 Å². The third-order valence-corrected chi connectivity index (χ3v) is 5.49. The van der Waals surface area contributed by atoms with Gasteiger partial charge in [-0.3, -0.25) is 9.67 Å². The summed E-state index contributed by atoms with van der Waals surface area (Å²) >= 11 is 0. The van der Waals surface area contributed by atoms with Crippen molar-refractivity contribution >= 4 is 27.1 Å². The Morgan fingerprint density at radius 1 is 1.08 bits per heavy atom. The molecule has 26 heavy (non-hydrogen) atoms. The Morgan fingerprint density at radius 3 is 2.42 bits per heavy atom. The van der Waals surface area contributed by atoms with Gasteiger partial charge in [0.2, 0.25) is 0 Å². The molecule has 0 atom stereocenters. The molecular formula is C15H18N8O2S. The molecule has 3 aromatic heterocycles. The van der Waals surface area contributed by atoms with Gasteiger partial charge in [-0.15, -0.1) is 0 Å². The molecule has 4 rings (SSSR count). The van der Waals surface area contributed by atoms with Crippen molar-refractivity contribution in [2.24, 2.45) is 12.2 Å². The van der Waals surface area contributed by atoms with Crippen molar-refractivity contribution in [3.63, 3.8) is 0 Å². The van der Waals surface area contributed by atoms with E-state index in [0.29, 0.717) is 32.0 Å². The molecule has 0 saturated carbocycles. The molecule has 1 aliphatic heterocycles. The maximum absolute atomic E-state index is 11.5. The van der Waals surface area contributed by atoms with E-state index in [1.165, 1.54) is 4.31 Å². The van der Waals surface area contributed by atoms with Crippen LogP contribution in [0.2, 0.25) is 0 Å². The minimum Gasteiger partial charge on any atom is -0.353 e. The zero-order valence-corrected chi connectivity index (χ0v) is 15.0. The van der Waals surface area contributed by atoms with Crippen LogP contribution in [0.25, 0.3) is 22.4 Å². The van der Waals surface area contributed by atoms with Crippen LogP contribution in [0, 0.1) is 0 Å². The quantitative estimate of drug-likeness (QED) is 0.670. The monoisotopic (exact) mass is 374 g/mol. The van der Waals surface area contributed by atoms with Crippen LogP contribution in [-0.2, 0) is 17.3 Å². The van der Waals surface area contributed by atoms with Crippen LogP contribution < -0.4 is 10.0 Å². The molecule has 3 aromatic rings. The lowest BCUT2D eigenvalue weighted by Crippen LogP contribution is -2.51. The summed E-state index contributed by atoms with van der Waals surface area (Å²) in [5, 5.41) is 10.3. The minimum atomic E-state index is -3.67. The Kier molecular flexibility index (Phi) is 4.05. The Balaban J connectivity index is 1.75. The summed E-state index contributed by atoms with van der Waals surface area (Å²) in [4.78, 5) is 15.4. The molecule has 0 aromatic carbocycles. The highest BCUT2D eigenvalue weighted by Crippen LogP contribution is 2.28. The van der Waals surface area contributed by atoms with E-state index in [4.69, 9.17) is 10.1 Å². The van der Waals surface area contributed by atoms with Crippen molar-refractivity contribution in [2.75, 3.05) is 31.1 Å². The SMILES string of the molecule is Cn1ncc2c(N3CCN(S(N)(=O)=O)CC3)nc(-c3ccncc3)nc21. The second-order valence-corrected chi connectivity index (χ2v) is 7.59. The van der Waals surface area contributed by atoms with Gasteiger partial charge in [-0.1, -0.05) is 0 Å². The van der Waals surface area contributed by atoms with Crippen molar-refractivity contribution < 1.29 is 8.42 Å². The summed E-state index contributed by atoms with van der Waals surface area (Å²) in [7, 11) is -1.84. The van der Waals surface area contributed by atoms with Crippen LogP contribution in [0.15, 0.2) is 30.7 Å². The number of piperazine rings is 1. The van der Waals surface area contributed by atoms with Crippen LogP contribution >= 0.6 is 0 Å². The zero-order chi connectivity index (χ0) is 18.3. The third-order valence-electron chi connectivity index (χ3n) is 4.41. The van der Waals surface area contributed by atoms with Crippen molar-refractivity contribution in [1.29, 1.82) is 0 Å². The molecule has 0 unspecified atom stereocenters. The maximum atomic E-state index is 11.5. The van der Waals surface area contributed by atoms with Crippen molar-refractivity contribution in [3.8, 4) is 11.4 Å². The average Bonchev–Trinajstić information content (AvgIpc) is 3.02. The zero-order valence-electron chi connectivity index (χ0n) is 14.1. The Labute approximate surface area is 150 Å². The van der Waals surface area contributed by atoms with Crippen LogP contribution in [0.3, 0.4) is 0 Å². The van der Waals surface area contributed by atoms with Gasteiger partial charge < -0.3 is 4.90 Å². The van der Waals surface area contributed by atoms with E-state index in [-0.39, 0.29) is 0 Å². The van der Waals surface area contributed by atoms with Gasteiger partial charge in [0, 0.05) is 51.2 Å². The fraction of sp³-hybridized carbons (Fsp3) is 0.333. The summed E-state index contributed by atoms with van der Waals surface area (Å²) in [6, 6.07) is 3.69. The van der Waals surface area contributed by atoms with Gasteiger partial charge in [0.05, 0.1) is 11.6 Å². The number of fused-ring (bicyclic) bond motifs is 1. The van der Waals surface area contributed by atoms with Crippen LogP contribution in [0.4, 0.5) is 5.82 Å². The van der Waals surface area contributed by atoms with E-state index in [1.54, 1.807) is 23.3 Å². The van der Waals surface area contributed by atoms with Crippen LogP contribution in [-0.4, -0.2) is 63.6 Å². The number of nitrogens with zero attached hydrogens (tertiary/aromatic N) is 7. The number of aryl methyl sites for hydroxylation is 1. The van der Waals surface area contributed by atoms with Crippen molar-refractivity contribution in [1.82, 2.24) is 29.0 Å². The first-order valence-corrected chi connectivity index (χ1v) is 9.57. The average molecular weight is 374 g/mol. The topological polar surface area (TPSA) is 123 Å². The number of hydrogen-bond donors (Lipinski definition) is 1. The lowest BCUT2D eigenvalue weighted by Gasteiger charge is -2.34. The van der Waals surface area contributed by atoms with E-state index < -0.39 is 10.2 Å². The third kappa shape index (κ3) is 3.00. The standard InChI is InChI=1S/C15H18N8O2S/c1-21-14-12(10-18-21)15(20-13(19-14)11-2-4-17-5-3-11)22-6-8-23(9-7-22)26(16,24)25/h2-5,10H,6-9H2,1H3,(H2,16,24,25). The molecule has 0 aliphatic carbocycles. The summed E-state index contributed by atoms with van der Waals surface area (Å²) in [5.41, 5.74) is 1.57. The molecule has 4 heterocycles. The fourth-order valence-corrected chi connectivity index (χ4v) is 3.71. The van der Waals surface area contributed by atoms with Crippen LogP contribution in [0.1, 0.15) is 0 Å². The van der Waals surface area contributed by atoms with Gasteiger partial charge in [0.1, 0.15) is 5.82 Å². The van der Waals surface area contributed by atoms with Crippen molar-refractivity contribution in [3.05, 3.63) is 30.7 Å². The lowest BCUT2D eigenvalue weighted by molar-refractivity contribution is 0.385. The second-order valence-electron chi connectivity index (χ2n) is 6.04. The summed E-state index contributed by atoms with van der Waals surface area (Å²) < 4.78 is 26.0. The normalized spacial score (nSPS) is 16.3. The van der Waals surface area contributed by atoms with Crippen LogP contribution in [0.5, 0.6) is 0 Å². The molecule has 1 fully saturated rings. The largest absolute Gasteiger partial charge is 0.353 e. The molecule has 10 nitrogen and oxygen atoms in total. The van der Waals surface area contributed by atoms with E-state index in [0.717, 1.165) is 22.4 Å². The van der Waals surface area contributed by atoms with Gasteiger partial charge in [0.25, 0.3) is 10.2 Å². The Morgan fingerprint density at radius 2 is 1.77 bits per heavy atom. The van der Waals surface area contributed by atoms with Crippen molar-refractivity contribution in [2.45, 2.75) is 0 Å². The molecule has 0 amide bonds. The molecule has 1 saturated heterocycles. The van der Waals surface area contributed by atoms with Gasteiger partial charge >= 0.3 is 0 Å². The summed E-state index contributed by atoms with van der Waals surface area (Å²) in [6.07, 6.45) is 5.11. The first kappa shape index (κ1) is 16.8. The Bertz CT molecular complexity index is 1040. The first-order chi connectivity index (χ1) is 12.4. The number of aromatic nitrogens is 5. The predicted octanol–water partition coefficient (Wildman–Crippen LogP) is -0.249. The highest BCUT2D eigenvalue weighted by molar-refractivity contribution is 7.86. The van der Waals surface area contributed by atoms with E-state index >= 15 is 0 Å². The molecule has 136 valence electrons. The fourth-order valence-electron chi connectivity index (χ4n) is 3.03. The number of hydrogen-bond acceptors (Lipinski definition) is 7. The second kappa shape index (κ2) is 6.27. The highest BCUT2D eigenvalue weighted by Gasteiger charge is 2.26. The summed E-state index contributed by atoms with van der Waals surface area (Å²) in [5.74, 6) is 1.32. The Hall–Kier alpha value is -2.63. The lowest BCUT2D eigenvalue weighted by atomic mass is 10.2. The molecule has 1 aliphatic rings. The van der Waals surface area contributed by atoms with E-state index in [9.17, 15) is 8.42 Å². The number of anilines is 1. The van der Waals surface area contributed by atoms with Gasteiger partial charge in [0.15, 0.2) is 11.5 Å². The molecule has 2 N–H and O–H groups in total. The predicted molar refractivity (Wildman–Crippen MR) is 96.4 cm³/mol. The number of nitrogens with two attached hydrogens (primary N) is 1. The minimum absolute atomic E-state index is 0.315. The van der Waals surface area contributed by atoms with Gasteiger partial charge in [-0.05, 0) is 12.1 Å². The molecule has 0 radical (unpaired) electrons. The first-order valence-electron chi connectivity index (χ1n) is 8.06. The van der Waals surface area contributed by atoms with Gasteiger partial charge in [-0.2, -0.15) is 17.8 Å². The van der Waals surface area contributed by atoms with E-state index in [2.05, 4.69) is 15.1 Å². The molecular weight excluding hydrogens is 356 g/mol. The molecule has 0 spiro atoms. The maximum Gasteiger partial charge on any atom is 0.277 e. The summed E-state index contributed by atoms with van der Waals surface area (Å²) in [6.45, 7) is 1.62. The number of rotatable bonds is 3. The number of pyridine rings is 1. The highest BCUT2D eigenvalue weighted by atomic mass is 32.2. The smallest absolute Gasteiger partial charge is 0.277 e. The molecule has 0 bridgehead atoms.